The van der Waals surface area contributed by atoms with E-state index >= 15 is 0 Å². The van der Waals surface area contributed by atoms with Crippen LogP contribution in [0.1, 0.15) is 36.0 Å². The lowest BCUT2D eigenvalue weighted by atomic mass is 9.95. The Morgan fingerprint density at radius 2 is 1.86 bits per heavy atom. The van der Waals surface area contributed by atoms with Crippen LogP contribution in [0.25, 0.3) is 0 Å². The molecule has 2 aliphatic rings. The number of hydrogen-bond acceptors (Lipinski definition) is 4. The molecule has 0 radical (unpaired) electrons. The van der Waals surface area contributed by atoms with E-state index < -0.39 is 10.0 Å². The minimum Gasteiger partial charge on any atom is -0.497 e. The lowest BCUT2D eigenvalue weighted by Gasteiger charge is -2.23. The summed E-state index contributed by atoms with van der Waals surface area (Å²) in [5.41, 5.74) is 0.814. The van der Waals surface area contributed by atoms with E-state index in [-0.39, 0.29) is 16.8 Å². The first-order chi connectivity index (χ1) is 13.4. The molecule has 2 aromatic rings. The van der Waals surface area contributed by atoms with Crippen molar-refractivity contribution in [1.82, 2.24) is 5.32 Å². The van der Waals surface area contributed by atoms with Gasteiger partial charge in [-0.05, 0) is 73.6 Å². The molecule has 3 atom stereocenters. The molecule has 0 spiro atoms. The molecule has 0 aromatic heterocycles. The molecule has 148 valence electrons. The van der Waals surface area contributed by atoms with Crippen molar-refractivity contribution >= 4 is 21.6 Å². The predicted octanol–water partition coefficient (Wildman–Crippen LogP) is 3.41. The van der Waals surface area contributed by atoms with Crippen LogP contribution in [0.5, 0.6) is 5.75 Å². The maximum absolute atomic E-state index is 12.6. The van der Waals surface area contributed by atoms with Crippen LogP contribution >= 0.6 is 0 Å². The summed E-state index contributed by atoms with van der Waals surface area (Å²) >= 11 is 0. The van der Waals surface area contributed by atoms with Gasteiger partial charge in [0.1, 0.15) is 5.75 Å². The number of carbonyl (C=O) groups is 1. The van der Waals surface area contributed by atoms with Crippen LogP contribution in [0.15, 0.2) is 53.4 Å². The van der Waals surface area contributed by atoms with Crippen LogP contribution in [-0.2, 0) is 10.0 Å². The Labute approximate surface area is 165 Å². The Morgan fingerprint density at radius 3 is 2.50 bits per heavy atom. The van der Waals surface area contributed by atoms with Gasteiger partial charge in [-0.25, -0.2) is 8.42 Å². The van der Waals surface area contributed by atoms with Gasteiger partial charge in [0.2, 0.25) is 0 Å². The Morgan fingerprint density at radius 1 is 1.07 bits per heavy atom. The van der Waals surface area contributed by atoms with E-state index in [1.807, 2.05) is 0 Å². The molecular formula is C21H24N2O4S. The summed E-state index contributed by atoms with van der Waals surface area (Å²) in [5.74, 6) is 1.77. The first kappa shape index (κ1) is 18.8. The number of carbonyl (C=O) groups excluding carboxylic acids is 1. The van der Waals surface area contributed by atoms with Gasteiger partial charge >= 0.3 is 0 Å². The van der Waals surface area contributed by atoms with Gasteiger partial charge in [-0.1, -0.05) is 12.5 Å². The van der Waals surface area contributed by atoms with Crippen molar-refractivity contribution in [1.29, 1.82) is 0 Å². The first-order valence-electron chi connectivity index (χ1n) is 9.52. The van der Waals surface area contributed by atoms with Crippen molar-refractivity contribution in [3.8, 4) is 5.75 Å². The largest absolute Gasteiger partial charge is 0.497 e. The van der Waals surface area contributed by atoms with Gasteiger partial charge < -0.3 is 10.1 Å². The number of rotatable bonds is 6. The molecule has 2 bridgehead atoms. The molecule has 2 aromatic carbocycles. The number of fused-ring (bicyclic) bond motifs is 2. The highest BCUT2D eigenvalue weighted by Gasteiger charge is 2.40. The van der Waals surface area contributed by atoms with Crippen molar-refractivity contribution in [3.63, 3.8) is 0 Å². The third-order valence-electron chi connectivity index (χ3n) is 5.80. The summed E-state index contributed by atoms with van der Waals surface area (Å²) in [4.78, 5) is 12.8. The molecular weight excluding hydrogens is 376 g/mol. The molecule has 2 fully saturated rings. The maximum Gasteiger partial charge on any atom is 0.261 e. The highest BCUT2D eigenvalue weighted by Crippen LogP contribution is 2.44. The molecule has 4 rings (SSSR count). The Hall–Kier alpha value is -2.54. The molecule has 2 N–H and O–H groups in total. The molecule has 0 heterocycles. The van der Waals surface area contributed by atoms with Crippen LogP contribution in [0.2, 0.25) is 0 Å². The molecule has 0 aliphatic heterocycles. The lowest BCUT2D eigenvalue weighted by Crippen LogP contribution is -2.38. The number of nitrogens with one attached hydrogen (secondary N) is 2. The van der Waals surface area contributed by atoms with E-state index in [1.54, 1.807) is 36.4 Å². The SMILES string of the molecule is COc1ccc(S(=O)(=O)Nc2cccc(C(=O)N[C@H]3C[C@H]4CC[C@@H]3C4)c2)cc1. The van der Waals surface area contributed by atoms with E-state index in [2.05, 4.69) is 10.0 Å². The number of amides is 1. The molecule has 1 amide bonds. The minimum absolute atomic E-state index is 0.130. The molecule has 6 nitrogen and oxygen atoms in total. The fourth-order valence-corrected chi connectivity index (χ4v) is 5.42. The topological polar surface area (TPSA) is 84.5 Å². The van der Waals surface area contributed by atoms with Crippen LogP contribution in [0.3, 0.4) is 0 Å². The Bertz CT molecular complexity index is 972. The zero-order valence-electron chi connectivity index (χ0n) is 15.7. The molecule has 0 unspecified atom stereocenters. The van der Waals surface area contributed by atoms with Gasteiger partial charge in [0.05, 0.1) is 12.0 Å². The second-order valence-electron chi connectivity index (χ2n) is 7.62. The Balaban J connectivity index is 1.46. The summed E-state index contributed by atoms with van der Waals surface area (Å²) < 4.78 is 32.8. The van der Waals surface area contributed by atoms with Crippen LogP contribution in [0, 0.1) is 11.8 Å². The number of hydrogen-bond donors (Lipinski definition) is 2. The zero-order chi connectivity index (χ0) is 19.7. The van der Waals surface area contributed by atoms with Crippen molar-refractivity contribution in [3.05, 3.63) is 54.1 Å². The van der Waals surface area contributed by atoms with Gasteiger partial charge in [-0.15, -0.1) is 0 Å². The number of sulfonamides is 1. The van der Waals surface area contributed by atoms with Crippen molar-refractivity contribution < 1.29 is 17.9 Å². The first-order valence-corrected chi connectivity index (χ1v) is 11.0. The molecule has 2 saturated carbocycles. The van der Waals surface area contributed by atoms with Crippen molar-refractivity contribution in [2.24, 2.45) is 11.8 Å². The summed E-state index contributed by atoms with van der Waals surface area (Å²) in [6, 6.07) is 13.0. The summed E-state index contributed by atoms with van der Waals surface area (Å²) in [6.07, 6.45) is 4.74. The number of methoxy groups -OCH3 is 1. The zero-order valence-corrected chi connectivity index (χ0v) is 16.5. The van der Waals surface area contributed by atoms with E-state index in [4.69, 9.17) is 4.74 Å². The van der Waals surface area contributed by atoms with E-state index in [0.29, 0.717) is 22.9 Å². The number of benzene rings is 2. The van der Waals surface area contributed by atoms with E-state index in [0.717, 1.165) is 12.3 Å². The summed E-state index contributed by atoms with van der Waals surface area (Å²) in [7, 11) is -2.22. The second kappa shape index (κ2) is 7.47. The summed E-state index contributed by atoms with van der Waals surface area (Å²) in [6.45, 7) is 0. The normalized spacial score (nSPS) is 23.4. The second-order valence-corrected chi connectivity index (χ2v) is 9.30. The highest BCUT2D eigenvalue weighted by molar-refractivity contribution is 7.92. The van der Waals surface area contributed by atoms with Crippen LogP contribution < -0.4 is 14.8 Å². The van der Waals surface area contributed by atoms with E-state index in [1.165, 1.54) is 38.5 Å². The monoisotopic (exact) mass is 400 g/mol. The number of anilines is 1. The maximum atomic E-state index is 12.6. The Kier molecular flexibility index (Phi) is 5.02. The molecule has 28 heavy (non-hydrogen) atoms. The van der Waals surface area contributed by atoms with Crippen LogP contribution in [-0.4, -0.2) is 27.5 Å². The van der Waals surface area contributed by atoms with Gasteiger partial charge in [0.25, 0.3) is 15.9 Å². The van der Waals surface area contributed by atoms with Gasteiger partial charge in [-0.2, -0.15) is 0 Å². The smallest absolute Gasteiger partial charge is 0.261 e. The third-order valence-corrected chi connectivity index (χ3v) is 7.20. The number of ether oxygens (including phenoxy) is 1. The van der Waals surface area contributed by atoms with Gasteiger partial charge in [0.15, 0.2) is 0 Å². The third kappa shape index (κ3) is 3.85. The standard InChI is InChI=1S/C21H24N2O4S/c1-27-18-7-9-19(10-8-18)28(25,26)23-17-4-2-3-16(13-17)21(24)22-20-12-14-5-6-15(20)11-14/h2-4,7-10,13-15,20,23H,5-6,11-12H2,1H3,(H,22,24)/t14-,15+,20-/m0/s1. The average molecular weight is 401 g/mol. The molecule has 7 heteroatoms. The van der Waals surface area contributed by atoms with Crippen molar-refractivity contribution in [2.75, 3.05) is 11.8 Å². The minimum atomic E-state index is -3.75. The average Bonchev–Trinajstić information content (AvgIpc) is 3.31. The van der Waals surface area contributed by atoms with Gasteiger partial charge in [-0.3, -0.25) is 9.52 Å². The van der Waals surface area contributed by atoms with E-state index in [9.17, 15) is 13.2 Å². The molecule has 0 saturated heterocycles. The predicted molar refractivity (Wildman–Crippen MR) is 107 cm³/mol. The fraction of sp³-hybridized carbons (Fsp3) is 0.381. The summed E-state index contributed by atoms with van der Waals surface area (Å²) in [5, 5.41) is 3.13. The van der Waals surface area contributed by atoms with Crippen molar-refractivity contribution in [2.45, 2.75) is 36.6 Å². The fourth-order valence-electron chi connectivity index (χ4n) is 4.37. The lowest BCUT2D eigenvalue weighted by molar-refractivity contribution is 0.0923. The quantitative estimate of drug-likeness (QED) is 0.778. The molecule has 2 aliphatic carbocycles. The van der Waals surface area contributed by atoms with Crippen LogP contribution in [0.4, 0.5) is 5.69 Å². The highest BCUT2D eigenvalue weighted by atomic mass is 32.2. The van der Waals surface area contributed by atoms with Gasteiger partial charge in [0, 0.05) is 17.3 Å².